The predicted molar refractivity (Wildman–Crippen MR) is 87.6 cm³/mol. The largest absolute Gasteiger partial charge is 0.392 e. The van der Waals surface area contributed by atoms with Crippen LogP contribution in [0.25, 0.3) is 0 Å². The molecule has 0 unspecified atom stereocenters. The van der Waals surface area contributed by atoms with Crippen molar-refractivity contribution in [2.24, 2.45) is 0 Å². The normalized spacial score (nSPS) is 32.2. The van der Waals surface area contributed by atoms with Crippen LogP contribution >= 0.6 is 11.8 Å². The molecule has 0 bridgehead atoms. The molecule has 0 heterocycles. The lowest BCUT2D eigenvalue weighted by Gasteiger charge is -2.33. The first-order valence-electron chi connectivity index (χ1n) is 7.86. The van der Waals surface area contributed by atoms with Gasteiger partial charge in [-0.25, -0.2) is 0 Å². The fraction of sp³-hybridized carbons (Fsp3) is 0.706. The van der Waals surface area contributed by atoms with E-state index in [1.165, 1.54) is 36.9 Å². The summed E-state index contributed by atoms with van der Waals surface area (Å²) in [6, 6.07) is 0.429. The van der Waals surface area contributed by atoms with Gasteiger partial charge in [-0.3, -0.25) is 0 Å². The van der Waals surface area contributed by atoms with Gasteiger partial charge in [0.05, 0.1) is 6.10 Å². The van der Waals surface area contributed by atoms with E-state index in [0.717, 1.165) is 12.8 Å². The molecular formula is C17H28NOS. The van der Waals surface area contributed by atoms with Crippen LogP contribution in [0.2, 0.25) is 0 Å². The topological polar surface area (TPSA) is 23.5 Å². The van der Waals surface area contributed by atoms with E-state index in [1.807, 2.05) is 11.8 Å². The van der Waals surface area contributed by atoms with Crippen molar-refractivity contribution in [3.8, 4) is 0 Å². The molecular weight excluding hydrogens is 266 g/mol. The fourth-order valence-electron chi connectivity index (χ4n) is 2.88. The molecule has 0 amide bonds. The van der Waals surface area contributed by atoms with E-state index in [9.17, 15) is 5.11 Å². The number of hydrogen-bond donors (Lipinski definition) is 1. The summed E-state index contributed by atoms with van der Waals surface area (Å²) in [6.45, 7) is 2.24. The molecule has 113 valence electrons. The van der Waals surface area contributed by atoms with Gasteiger partial charge < -0.3 is 10.0 Å². The zero-order chi connectivity index (χ0) is 14.5. The lowest BCUT2D eigenvalue weighted by atomic mass is 9.98. The van der Waals surface area contributed by atoms with Crippen LogP contribution in [0, 0.1) is 30.4 Å². The van der Waals surface area contributed by atoms with E-state index in [2.05, 4.69) is 45.2 Å². The van der Waals surface area contributed by atoms with Crippen molar-refractivity contribution in [1.82, 2.24) is 4.90 Å². The number of rotatable bonds is 4. The van der Waals surface area contributed by atoms with Crippen molar-refractivity contribution in [2.45, 2.75) is 62.8 Å². The average molecular weight is 294 g/mol. The zero-order valence-electron chi connectivity index (χ0n) is 13.0. The maximum Gasteiger partial charge on any atom is 0.0659 e. The fourth-order valence-corrected chi connectivity index (χ4v) is 4.32. The zero-order valence-corrected chi connectivity index (χ0v) is 13.8. The van der Waals surface area contributed by atoms with Crippen LogP contribution in [0.3, 0.4) is 0 Å². The van der Waals surface area contributed by atoms with E-state index in [4.69, 9.17) is 0 Å². The minimum atomic E-state index is -0.141. The second-order valence-corrected chi connectivity index (χ2v) is 7.48. The van der Waals surface area contributed by atoms with Crippen LogP contribution < -0.4 is 0 Å². The van der Waals surface area contributed by atoms with Gasteiger partial charge in [0.2, 0.25) is 0 Å². The number of nitrogens with zero attached hydrogens (tertiary/aromatic N) is 1. The standard InChI is InChI=1S/C17H28NOS/c1-13(18(2)3)14-9-8-12-16(14)20-17-11-7-5-4-6-10-15(17)19/h8-9,12-13,15,17,19H,4-7,10-11H2,1-3H3/t13-,15+,17+/m0/s1. The molecule has 2 rings (SSSR count). The Morgan fingerprint density at radius 1 is 1.15 bits per heavy atom. The minimum Gasteiger partial charge on any atom is -0.392 e. The van der Waals surface area contributed by atoms with Crippen LogP contribution in [0.15, 0.2) is 0 Å². The summed E-state index contributed by atoms with van der Waals surface area (Å²) in [7, 11) is 4.24. The SMILES string of the molecule is C[C@@H]([C]1[CH][CH][CH][C]1S[C@@H]1CCCCCC[C@H]1O)N(C)C. The molecule has 2 aliphatic rings. The van der Waals surface area contributed by atoms with Crippen LogP contribution in [0.4, 0.5) is 0 Å². The Hall–Kier alpha value is 0.270. The third-order valence-electron chi connectivity index (χ3n) is 4.48. The highest BCUT2D eigenvalue weighted by molar-refractivity contribution is 8.03. The third kappa shape index (κ3) is 4.38. The highest BCUT2D eigenvalue weighted by atomic mass is 32.2. The van der Waals surface area contributed by atoms with Gasteiger partial charge in [-0.05, 0) is 53.1 Å². The summed E-state index contributed by atoms with van der Waals surface area (Å²) in [5, 5.41) is 12.1. The Morgan fingerprint density at radius 3 is 2.55 bits per heavy atom. The number of hydrogen-bond acceptors (Lipinski definition) is 3. The Morgan fingerprint density at radius 2 is 1.85 bits per heavy atom. The van der Waals surface area contributed by atoms with Crippen molar-refractivity contribution < 1.29 is 5.11 Å². The monoisotopic (exact) mass is 294 g/mol. The molecule has 1 N–H and O–H groups in total. The Balaban J connectivity index is 1.92. The number of thioether (sulfide) groups is 1. The van der Waals surface area contributed by atoms with Crippen LogP contribution in [-0.2, 0) is 0 Å². The van der Waals surface area contributed by atoms with Crippen molar-refractivity contribution in [1.29, 1.82) is 0 Å². The second-order valence-electron chi connectivity index (χ2n) is 6.20. The summed E-state index contributed by atoms with van der Waals surface area (Å²) >= 11 is 1.90. The van der Waals surface area contributed by atoms with Gasteiger partial charge in [-0.2, -0.15) is 0 Å². The van der Waals surface area contributed by atoms with Gasteiger partial charge in [-0.15, -0.1) is 11.8 Å². The highest BCUT2D eigenvalue weighted by Crippen LogP contribution is 2.47. The molecule has 3 heteroatoms. The summed E-state index contributed by atoms with van der Waals surface area (Å²) in [6.07, 6.45) is 13.6. The highest BCUT2D eigenvalue weighted by Gasteiger charge is 2.37. The Bertz CT molecular complexity index is 284. The Kier molecular flexibility index (Phi) is 6.70. The van der Waals surface area contributed by atoms with Crippen molar-refractivity contribution in [3.05, 3.63) is 30.4 Å². The van der Waals surface area contributed by atoms with Gasteiger partial charge in [0.15, 0.2) is 0 Å². The molecule has 2 saturated carbocycles. The molecule has 2 aliphatic carbocycles. The van der Waals surface area contributed by atoms with E-state index in [-0.39, 0.29) is 6.10 Å². The molecule has 5 radical (unpaired) electrons. The smallest absolute Gasteiger partial charge is 0.0659 e. The second kappa shape index (κ2) is 8.05. The molecule has 0 aromatic heterocycles. The Labute approximate surface area is 129 Å². The first kappa shape index (κ1) is 16.6. The quantitative estimate of drug-likeness (QED) is 0.858. The summed E-state index contributed by atoms with van der Waals surface area (Å²) in [4.78, 5) is 2.24. The average Bonchev–Trinajstić information content (AvgIpc) is 2.85. The lowest BCUT2D eigenvalue weighted by molar-refractivity contribution is 0.148. The summed E-state index contributed by atoms with van der Waals surface area (Å²) in [5.74, 6) is 1.40. The van der Waals surface area contributed by atoms with Crippen LogP contribution in [-0.4, -0.2) is 41.5 Å². The molecule has 0 spiro atoms. The van der Waals surface area contributed by atoms with Gasteiger partial charge >= 0.3 is 0 Å². The summed E-state index contributed by atoms with van der Waals surface area (Å²) < 4.78 is 0. The number of aliphatic hydroxyl groups is 1. The van der Waals surface area contributed by atoms with Gasteiger partial charge in [-0.1, -0.05) is 25.7 Å². The van der Waals surface area contributed by atoms with E-state index in [1.54, 1.807) is 0 Å². The lowest BCUT2D eigenvalue weighted by Crippen LogP contribution is -2.33. The molecule has 20 heavy (non-hydrogen) atoms. The number of aliphatic hydroxyl groups excluding tert-OH is 1. The molecule has 0 aliphatic heterocycles. The first-order chi connectivity index (χ1) is 9.59. The van der Waals surface area contributed by atoms with Crippen molar-refractivity contribution >= 4 is 11.8 Å². The molecule has 0 aromatic carbocycles. The molecule has 2 nitrogen and oxygen atoms in total. The summed E-state index contributed by atoms with van der Waals surface area (Å²) in [5.41, 5.74) is 0. The maximum absolute atomic E-state index is 10.4. The van der Waals surface area contributed by atoms with Gasteiger partial charge in [0.25, 0.3) is 0 Å². The first-order valence-corrected chi connectivity index (χ1v) is 8.74. The van der Waals surface area contributed by atoms with E-state index < -0.39 is 0 Å². The van der Waals surface area contributed by atoms with E-state index in [0.29, 0.717) is 11.3 Å². The van der Waals surface area contributed by atoms with Gasteiger partial charge in [0.1, 0.15) is 0 Å². The van der Waals surface area contributed by atoms with Crippen molar-refractivity contribution in [3.63, 3.8) is 0 Å². The maximum atomic E-state index is 10.4. The molecule has 3 atom stereocenters. The predicted octanol–water partition coefficient (Wildman–Crippen LogP) is 3.49. The van der Waals surface area contributed by atoms with Gasteiger partial charge in [0, 0.05) is 22.5 Å². The minimum absolute atomic E-state index is 0.141. The van der Waals surface area contributed by atoms with Crippen LogP contribution in [0.5, 0.6) is 0 Å². The molecule has 0 saturated heterocycles. The molecule has 0 aromatic rings. The van der Waals surface area contributed by atoms with Crippen LogP contribution in [0.1, 0.15) is 45.4 Å². The van der Waals surface area contributed by atoms with Crippen molar-refractivity contribution in [2.75, 3.05) is 14.1 Å². The van der Waals surface area contributed by atoms with E-state index >= 15 is 0 Å². The third-order valence-corrected chi connectivity index (χ3v) is 5.96. The molecule has 2 fully saturated rings.